The van der Waals surface area contributed by atoms with E-state index in [1.807, 2.05) is 12.3 Å². The molecule has 0 amide bonds. The number of benzene rings is 1. The minimum absolute atomic E-state index is 1.10. The van der Waals surface area contributed by atoms with Gasteiger partial charge in [0.2, 0.25) is 0 Å². The van der Waals surface area contributed by atoms with Crippen LogP contribution in [-0.4, -0.2) is 9.36 Å². The molecule has 3 rings (SSSR count). The molecule has 2 aromatic heterocycles. The lowest BCUT2D eigenvalue weighted by atomic mass is 10.2. The Hall–Kier alpha value is -0.870. The quantitative estimate of drug-likeness (QED) is 0.652. The van der Waals surface area contributed by atoms with Gasteiger partial charge in [-0.05, 0) is 29.7 Å². The summed E-state index contributed by atoms with van der Waals surface area (Å²) in [5.74, 6) is 0. The highest BCUT2D eigenvalue weighted by molar-refractivity contribution is 9.10. The van der Waals surface area contributed by atoms with Gasteiger partial charge >= 0.3 is 0 Å². The third-order valence-electron chi connectivity index (χ3n) is 2.09. The van der Waals surface area contributed by atoms with Crippen molar-refractivity contribution in [2.45, 2.75) is 0 Å². The fourth-order valence-corrected chi connectivity index (χ4v) is 2.53. The Bertz CT molecular complexity index is 581. The maximum absolute atomic E-state index is 4.14. The Kier molecular flexibility index (Phi) is 1.48. The van der Waals surface area contributed by atoms with Crippen LogP contribution in [-0.2, 0) is 0 Å². The van der Waals surface area contributed by atoms with Crippen molar-refractivity contribution in [3.8, 4) is 0 Å². The van der Waals surface area contributed by atoms with E-state index < -0.39 is 0 Å². The zero-order chi connectivity index (χ0) is 8.84. The van der Waals surface area contributed by atoms with Gasteiger partial charge in [-0.2, -0.15) is 4.37 Å². The zero-order valence-electron chi connectivity index (χ0n) is 6.54. The van der Waals surface area contributed by atoms with E-state index in [1.54, 1.807) is 0 Å². The summed E-state index contributed by atoms with van der Waals surface area (Å²) in [6.07, 6.45) is 1.91. The van der Waals surface area contributed by atoms with Crippen molar-refractivity contribution in [2.24, 2.45) is 0 Å². The van der Waals surface area contributed by atoms with Gasteiger partial charge in [0.15, 0.2) is 0 Å². The first kappa shape index (κ1) is 7.53. The van der Waals surface area contributed by atoms with Crippen LogP contribution in [0.4, 0.5) is 0 Å². The number of hydrogen-bond donors (Lipinski definition) is 1. The van der Waals surface area contributed by atoms with Crippen molar-refractivity contribution < 1.29 is 0 Å². The van der Waals surface area contributed by atoms with E-state index in [0.29, 0.717) is 0 Å². The maximum atomic E-state index is 4.14. The lowest BCUT2D eigenvalue weighted by Gasteiger charge is -1.90. The smallest absolute Gasteiger partial charge is 0.121 e. The van der Waals surface area contributed by atoms with Crippen LogP contribution in [0, 0.1) is 0 Å². The van der Waals surface area contributed by atoms with Crippen LogP contribution in [0.25, 0.3) is 21.1 Å². The van der Waals surface area contributed by atoms with Gasteiger partial charge in [0.05, 0.1) is 6.20 Å². The number of H-pyrrole nitrogens is 1. The van der Waals surface area contributed by atoms with Crippen molar-refractivity contribution in [3.63, 3.8) is 0 Å². The largest absolute Gasteiger partial charge is 0.345 e. The van der Waals surface area contributed by atoms with Crippen LogP contribution in [0.1, 0.15) is 0 Å². The van der Waals surface area contributed by atoms with Gasteiger partial charge in [0, 0.05) is 20.8 Å². The Morgan fingerprint density at radius 2 is 2.23 bits per heavy atom. The predicted molar refractivity (Wildman–Crippen MR) is 59.2 cm³/mol. The average molecular weight is 253 g/mol. The molecule has 0 saturated carbocycles. The lowest BCUT2D eigenvalue weighted by molar-refractivity contribution is 1.57. The highest BCUT2D eigenvalue weighted by atomic mass is 79.9. The SMILES string of the molecule is Brc1ccc2[nH]c3sncc3c2c1. The molecule has 2 nitrogen and oxygen atoms in total. The van der Waals surface area contributed by atoms with Crippen LogP contribution in [0.15, 0.2) is 28.9 Å². The van der Waals surface area contributed by atoms with Gasteiger partial charge in [0.1, 0.15) is 4.83 Å². The minimum atomic E-state index is 1.10. The first-order valence-corrected chi connectivity index (χ1v) is 5.43. The molecule has 3 aromatic rings. The van der Waals surface area contributed by atoms with Gasteiger partial charge in [-0.3, -0.25) is 0 Å². The number of nitrogens with one attached hydrogen (secondary N) is 1. The first-order chi connectivity index (χ1) is 6.34. The van der Waals surface area contributed by atoms with Gasteiger partial charge in [-0.15, -0.1) is 0 Å². The van der Waals surface area contributed by atoms with E-state index in [1.165, 1.54) is 27.8 Å². The number of fused-ring (bicyclic) bond motifs is 3. The molecular weight excluding hydrogens is 248 g/mol. The highest BCUT2D eigenvalue weighted by Crippen LogP contribution is 2.29. The number of aromatic nitrogens is 2. The third kappa shape index (κ3) is 1.02. The Morgan fingerprint density at radius 1 is 1.31 bits per heavy atom. The Labute approximate surface area is 86.9 Å². The van der Waals surface area contributed by atoms with E-state index in [0.717, 1.165) is 9.30 Å². The monoisotopic (exact) mass is 252 g/mol. The molecule has 0 aliphatic rings. The second kappa shape index (κ2) is 2.56. The summed E-state index contributed by atoms with van der Waals surface area (Å²) in [5, 5.41) is 2.44. The van der Waals surface area contributed by atoms with Crippen LogP contribution in [0.5, 0.6) is 0 Å². The molecule has 0 spiro atoms. The fraction of sp³-hybridized carbons (Fsp3) is 0. The van der Waals surface area contributed by atoms with Gasteiger partial charge in [-0.1, -0.05) is 15.9 Å². The zero-order valence-corrected chi connectivity index (χ0v) is 8.95. The molecule has 64 valence electrons. The molecule has 0 aliphatic carbocycles. The molecule has 0 fully saturated rings. The van der Waals surface area contributed by atoms with Crippen molar-refractivity contribution in [1.82, 2.24) is 9.36 Å². The molecule has 0 atom stereocenters. The van der Waals surface area contributed by atoms with Crippen molar-refractivity contribution in [2.75, 3.05) is 0 Å². The van der Waals surface area contributed by atoms with Crippen LogP contribution >= 0.6 is 27.5 Å². The molecule has 1 aromatic carbocycles. The van der Waals surface area contributed by atoms with Gasteiger partial charge in [-0.25, -0.2) is 0 Å². The van der Waals surface area contributed by atoms with Crippen molar-refractivity contribution in [1.29, 1.82) is 0 Å². The van der Waals surface area contributed by atoms with Crippen molar-refractivity contribution in [3.05, 3.63) is 28.9 Å². The predicted octanol–water partition coefficient (Wildman–Crippen LogP) is 3.54. The molecule has 0 radical (unpaired) electrons. The molecule has 1 N–H and O–H groups in total. The molecule has 2 heterocycles. The number of halogens is 1. The minimum Gasteiger partial charge on any atom is -0.345 e. The summed E-state index contributed by atoms with van der Waals surface area (Å²) in [7, 11) is 0. The molecule has 0 saturated heterocycles. The molecule has 4 heteroatoms. The lowest BCUT2D eigenvalue weighted by Crippen LogP contribution is -1.67. The number of nitrogens with zero attached hydrogens (tertiary/aromatic N) is 1. The summed E-state index contributed by atoms with van der Waals surface area (Å²) in [5.41, 5.74) is 1.17. The second-order valence-electron chi connectivity index (χ2n) is 2.88. The standard InChI is InChI=1S/C9H5BrN2S/c10-5-1-2-8-6(3-5)7-4-11-13-9(7)12-8/h1-4,12H. The number of aromatic amines is 1. The van der Waals surface area contributed by atoms with E-state index in [4.69, 9.17) is 0 Å². The van der Waals surface area contributed by atoms with Gasteiger partial charge < -0.3 is 4.98 Å². The summed E-state index contributed by atoms with van der Waals surface area (Å²) >= 11 is 4.96. The molecular formula is C9H5BrN2S. The summed E-state index contributed by atoms with van der Waals surface area (Å²) in [6, 6.07) is 6.23. The van der Waals surface area contributed by atoms with E-state index in [-0.39, 0.29) is 0 Å². The summed E-state index contributed by atoms with van der Waals surface area (Å²) in [4.78, 5) is 4.47. The van der Waals surface area contributed by atoms with E-state index >= 15 is 0 Å². The summed E-state index contributed by atoms with van der Waals surface area (Å²) < 4.78 is 5.24. The number of hydrogen-bond acceptors (Lipinski definition) is 2. The average Bonchev–Trinajstić information content (AvgIpc) is 2.64. The van der Waals surface area contributed by atoms with E-state index in [9.17, 15) is 0 Å². The van der Waals surface area contributed by atoms with Crippen LogP contribution in [0.3, 0.4) is 0 Å². The number of rotatable bonds is 0. The van der Waals surface area contributed by atoms with Crippen LogP contribution < -0.4 is 0 Å². The Balaban J connectivity index is 2.61. The third-order valence-corrected chi connectivity index (χ3v) is 3.30. The second-order valence-corrected chi connectivity index (χ2v) is 4.60. The molecule has 0 bridgehead atoms. The first-order valence-electron chi connectivity index (χ1n) is 3.86. The highest BCUT2D eigenvalue weighted by Gasteiger charge is 2.05. The maximum Gasteiger partial charge on any atom is 0.121 e. The van der Waals surface area contributed by atoms with Crippen molar-refractivity contribution >= 4 is 48.6 Å². The molecule has 13 heavy (non-hydrogen) atoms. The fourth-order valence-electron chi connectivity index (χ4n) is 1.49. The van der Waals surface area contributed by atoms with E-state index in [2.05, 4.69) is 37.4 Å². The summed E-state index contributed by atoms with van der Waals surface area (Å²) in [6.45, 7) is 0. The Morgan fingerprint density at radius 3 is 3.15 bits per heavy atom. The molecule has 0 aliphatic heterocycles. The van der Waals surface area contributed by atoms with Crippen LogP contribution in [0.2, 0.25) is 0 Å². The molecule has 0 unspecified atom stereocenters. The normalized spacial score (nSPS) is 11.5. The van der Waals surface area contributed by atoms with Gasteiger partial charge in [0.25, 0.3) is 0 Å². The topological polar surface area (TPSA) is 28.7 Å².